The van der Waals surface area contributed by atoms with E-state index < -0.39 is 23.0 Å². The van der Waals surface area contributed by atoms with E-state index >= 15 is 0 Å². The second-order valence-electron chi connectivity index (χ2n) is 9.00. The predicted octanol–water partition coefficient (Wildman–Crippen LogP) is 6.29. The first-order valence-electron chi connectivity index (χ1n) is 11.0. The zero-order valence-corrected chi connectivity index (χ0v) is 19.9. The number of halogens is 2. The number of ether oxygens (including phenoxy) is 2. The minimum Gasteiger partial charge on any atom is -0.494 e. The number of Topliss-reactive ketones (excluding diaryl/α,β-unsaturated/α-hetero) is 1. The van der Waals surface area contributed by atoms with Crippen LogP contribution in [-0.4, -0.2) is 18.9 Å². The number of carbonyl (C=O) groups is 2. The summed E-state index contributed by atoms with van der Waals surface area (Å²) in [4.78, 5) is 24.4. The normalized spacial score (nSPS) is 11.4. The first kappa shape index (κ1) is 25.1. The molecule has 0 N–H and O–H groups in total. The fourth-order valence-electron chi connectivity index (χ4n) is 3.52. The lowest BCUT2D eigenvalue weighted by molar-refractivity contribution is -0.121. The van der Waals surface area contributed by atoms with Crippen LogP contribution < -0.4 is 9.47 Å². The molecule has 0 fully saturated rings. The van der Waals surface area contributed by atoms with Crippen LogP contribution in [0.4, 0.5) is 8.78 Å². The van der Waals surface area contributed by atoms with Crippen LogP contribution in [0.25, 0.3) is 0 Å². The van der Waals surface area contributed by atoms with Gasteiger partial charge in [-0.1, -0.05) is 52.0 Å². The third kappa shape index (κ3) is 5.50. The van der Waals surface area contributed by atoms with Gasteiger partial charge in [0.2, 0.25) is 0 Å². The Morgan fingerprint density at radius 2 is 1.38 bits per heavy atom. The summed E-state index contributed by atoms with van der Waals surface area (Å²) < 4.78 is 39.3. The average Bonchev–Trinajstić information content (AvgIpc) is 2.80. The van der Waals surface area contributed by atoms with Crippen LogP contribution in [0.3, 0.4) is 0 Å². The van der Waals surface area contributed by atoms with Gasteiger partial charge in [0.1, 0.15) is 5.78 Å². The maximum Gasteiger partial charge on any atom is 0.343 e. The number of benzene rings is 3. The SMILES string of the molecule is COc1ccc(C(C)(C)c2ccc(OC(=O)c3ccc(CC(=O)C(C)C)cc3)c(F)c2)cc1F. The minimum absolute atomic E-state index is 0.0655. The van der Waals surface area contributed by atoms with E-state index in [0.29, 0.717) is 11.1 Å². The van der Waals surface area contributed by atoms with Crippen LogP contribution in [0.5, 0.6) is 11.5 Å². The fraction of sp³-hybridized carbons (Fsp3) is 0.286. The standard InChI is InChI=1S/C28H28F2O4/c1-17(2)24(31)14-18-6-8-19(9-7-18)27(32)34-26-13-11-21(16-23(26)30)28(3,4)20-10-12-25(33-5)22(29)15-20/h6-13,15-17H,14H2,1-5H3. The smallest absolute Gasteiger partial charge is 0.343 e. The fourth-order valence-corrected chi connectivity index (χ4v) is 3.52. The Hall–Kier alpha value is -3.54. The predicted molar refractivity (Wildman–Crippen MR) is 126 cm³/mol. The van der Waals surface area contributed by atoms with E-state index in [1.807, 2.05) is 27.7 Å². The molecule has 3 rings (SSSR count). The van der Waals surface area contributed by atoms with Crippen molar-refractivity contribution in [2.45, 2.75) is 39.5 Å². The third-order valence-electron chi connectivity index (χ3n) is 5.94. The van der Waals surface area contributed by atoms with Crippen LogP contribution in [0.15, 0.2) is 60.7 Å². The molecule has 0 aromatic heterocycles. The highest BCUT2D eigenvalue weighted by atomic mass is 19.1. The lowest BCUT2D eigenvalue weighted by Crippen LogP contribution is -2.20. The Bertz CT molecular complexity index is 1200. The number of hydrogen-bond acceptors (Lipinski definition) is 4. The van der Waals surface area contributed by atoms with Gasteiger partial charge in [-0.3, -0.25) is 4.79 Å². The molecule has 0 radical (unpaired) electrons. The lowest BCUT2D eigenvalue weighted by Gasteiger charge is -2.26. The van der Waals surface area contributed by atoms with E-state index in [-0.39, 0.29) is 35.2 Å². The summed E-state index contributed by atoms with van der Waals surface area (Å²) >= 11 is 0. The number of esters is 1. The molecule has 6 heteroatoms. The van der Waals surface area contributed by atoms with E-state index in [1.165, 1.54) is 31.4 Å². The summed E-state index contributed by atoms with van der Waals surface area (Å²) in [6, 6.07) is 15.4. The van der Waals surface area contributed by atoms with Crippen molar-refractivity contribution < 1.29 is 27.8 Å². The Morgan fingerprint density at radius 1 is 0.853 bits per heavy atom. The van der Waals surface area contributed by atoms with Gasteiger partial charge in [-0.15, -0.1) is 0 Å². The zero-order valence-electron chi connectivity index (χ0n) is 19.9. The van der Waals surface area contributed by atoms with Crippen molar-refractivity contribution in [1.82, 2.24) is 0 Å². The first-order chi connectivity index (χ1) is 16.0. The number of carbonyl (C=O) groups excluding carboxylic acids is 2. The lowest BCUT2D eigenvalue weighted by atomic mass is 9.78. The topological polar surface area (TPSA) is 52.6 Å². The minimum atomic E-state index is -0.709. The van der Waals surface area contributed by atoms with Gasteiger partial charge in [0, 0.05) is 17.8 Å². The quantitative estimate of drug-likeness (QED) is 0.289. The Kier molecular flexibility index (Phi) is 7.50. The number of ketones is 1. The molecule has 0 aliphatic rings. The number of rotatable bonds is 8. The second-order valence-corrected chi connectivity index (χ2v) is 9.00. The molecule has 0 spiro atoms. The monoisotopic (exact) mass is 466 g/mol. The summed E-state index contributed by atoms with van der Waals surface area (Å²) in [6.45, 7) is 7.37. The number of hydrogen-bond donors (Lipinski definition) is 0. The van der Waals surface area contributed by atoms with Crippen molar-refractivity contribution in [3.05, 3.63) is 94.6 Å². The Labute approximate surface area is 198 Å². The summed E-state index contributed by atoms with van der Waals surface area (Å²) in [7, 11) is 1.39. The van der Waals surface area contributed by atoms with Crippen molar-refractivity contribution in [3.8, 4) is 11.5 Å². The zero-order chi connectivity index (χ0) is 25.0. The van der Waals surface area contributed by atoms with Gasteiger partial charge in [-0.05, 0) is 53.1 Å². The van der Waals surface area contributed by atoms with Crippen LogP contribution in [-0.2, 0) is 16.6 Å². The van der Waals surface area contributed by atoms with Gasteiger partial charge in [0.15, 0.2) is 23.1 Å². The van der Waals surface area contributed by atoms with E-state index in [2.05, 4.69) is 0 Å². The molecule has 178 valence electrons. The van der Waals surface area contributed by atoms with E-state index in [0.717, 1.165) is 5.56 Å². The molecule has 3 aromatic rings. The molecule has 0 aliphatic carbocycles. The van der Waals surface area contributed by atoms with E-state index in [4.69, 9.17) is 9.47 Å². The molecule has 0 amide bonds. The van der Waals surface area contributed by atoms with Crippen molar-refractivity contribution in [2.75, 3.05) is 7.11 Å². The molecule has 3 aromatic carbocycles. The molecule has 0 saturated heterocycles. The molecule has 0 aliphatic heterocycles. The maximum absolute atomic E-state index is 14.8. The Morgan fingerprint density at radius 3 is 1.85 bits per heavy atom. The highest BCUT2D eigenvalue weighted by Crippen LogP contribution is 2.35. The molecule has 0 heterocycles. The summed E-state index contributed by atoms with van der Waals surface area (Å²) in [5, 5.41) is 0. The van der Waals surface area contributed by atoms with Crippen LogP contribution in [0, 0.1) is 17.6 Å². The highest BCUT2D eigenvalue weighted by molar-refractivity contribution is 5.91. The summed E-state index contributed by atoms with van der Waals surface area (Å²) in [5.41, 5.74) is 1.57. The van der Waals surface area contributed by atoms with Crippen LogP contribution >= 0.6 is 0 Å². The summed E-state index contributed by atoms with van der Waals surface area (Å²) in [6.07, 6.45) is 0.289. The van der Waals surface area contributed by atoms with Crippen molar-refractivity contribution in [2.24, 2.45) is 5.92 Å². The van der Waals surface area contributed by atoms with E-state index in [1.54, 1.807) is 36.4 Å². The largest absolute Gasteiger partial charge is 0.494 e. The van der Waals surface area contributed by atoms with Crippen LogP contribution in [0.2, 0.25) is 0 Å². The van der Waals surface area contributed by atoms with Gasteiger partial charge < -0.3 is 9.47 Å². The summed E-state index contributed by atoms with van der Waals surface area (Å²) in [5.74, 6) is -1.94. The van der Waals surface area contributed by atoms with Gasteiger partial charge in [0.05, 0.1) is 12.7 Å². The Balaban J connectivity index is 1.75. The first-order valence-corrected chi connectivity index (χ1v) is 11.0. The van der Waals surface area contributed by atoms with Gasteiger partial charge in [0.25, 0.3) is 0 Å². The second kappa shape index (κ2) is 10.2. The molecular formula is C28H28F2O4. The van der Waals surface area contributed by atoms with Crippen molar-refractivity contribution in [3.63, 3.8) is 0 Å². The van der Waals surface area contributed by atoms with Crippen LogP contribution in [0.1, 0.15) is 54.7 Å². The molecule has 0 bridgehead atoms. The van der Waals surface area contributed by atoms with Gasteiger partial charge >= 0.3 is 5.97 Å². The van der Waals surface area contributed by atoms with Gasteiger partial charge in [-0.2, -0.15) is 0 Å². The molecule has 4 nitrogen and oxygen atoms in total. The van der Waals surface area contributed by atoms with Crippen molar-refractivity contribution >= 4 is 11.8 Å². The molecule has 0 unspecified atom stereocenters. The molecule has 34 heavy (non-hydrogen) atoms. The van der Waals surface area contributed by atoms with Gasteiger partial charge in [-0.25, -0.2) is 13.6 Å². The van der Waals surface area contributed by atoms with Crippen molar-refractivity contribution in [1.29, 1.82) is 0 Å². The van der Waals surface area contributed by atoms with E-state index in [9.17, 15) is 18.4 Å². The highest BCUT2D eigenvalue weighted by Gasteiger charge is 2.26. The average molecular weight is 467 g/mol. The third-order valence-corrected chi connectivity index (χ3v) is 5.94. The number of methoxy groups -OCH3 is 1. The maximum atomic E-state index is 14.8. The molecular weight excluding hydrogens is 438 g/mol. The molecule has 0 atom stereocenters. The molecule has 0 saturated carbocycles.